The number of benzene rings is 2. The zero-order valence-corrected chi connectivity index (χ0v) is 17.3. The molecule has 1 aromatic heterocycles. The molecular weight excluding hydrogens is 363 g/mol. The number of carbonyl (C=O) groups excluding carboxylic acids is 1. The van der Waals surface area contributed by atoms with E-state index in [0.29, 0.717) is 5.69 Å². The molecule has 0 fully saturated rings. The Morgan fingerprint density at radius 3 is 2.35 bits per heavy atom. The van der Waals surface area contributed by atoms with Crippen LogP contribution in [0.15, 0.2) is 70.3 Å². The van der Waals surface area contributed by atoms with Crippen molar-refractivity contribution in [1.82, 2.24) is 9.88 Å². The van der Waals surface area contributed by atoms with E-state index in [0.717, 1.165) is 16.7 Å². The van der Waals surface area contributed by atoms with Crippen molar-refractivity contribution in [3.05, 3.63) is 60.9 Å². The van der Waals surface area contributed by atoms with Crippen molar-refractivity contribution in [1.29, 1.82) is 0 Å². The third-order valence-electron chi connectivity index (χ3n) is 3.66. The second-order valence-corrected chi connectivity index (χ2v) is 7.03. The minimum atomic E-state index is -3.86. The molecule has 1 N–H and O–H groups in total. The van der Waals surface area contributed by atoms with E-state index in [4.69, 9.17) is 4.52 Å². The molecule has 6 nitrogen and oxygen atoms in total. The number of amides is 1. The summed E-state index contributed by atoms with van der Waals surface area (Å²) in [7, 11) is -3.86. The Kier molecular flexibility index (Phi) is 6.77. The van der Waals surface area contributed by atoms with Gasteiger partial charge in [-0.2, -0.15) is 0 Å². The van der Waals surface area contributed by atoms with Crippen LogP contribution in [-0.2, 0) is 14.8 Å². The van der Waals surface area contributed by atoms with E-state index in [-0.39, 0.29) is 42.3 Å². The maximum atomic E-state index is 12.1. The van der Waals surface area contributed by atoms with Gasteiger partial charge in [0.1, 0.15) is 12.0 Å². The van der Waals surface area contributed by atoms with Gasteiger partial charge in [-0.3, -0.25) is 4.79 Å². The predicted octanol–water partition coefficient (Wildman–Crippen LogP) is 0.340. The Hall–Kier alpha value is -1.93. The molecule has 0 bridgehead atoms. The monoisotopic (exact) mass is 380 g/mol. The average Bonchev–Trinajstić information content (AvgIpc) is 3.12. The molecule has 2 aromatic carbocycles. The van der Waals surface area contributed by atoms with Gasteiger partial charge in [0.05, 0.1) is 4.90 Å². The van der Waals surface area contributed by atoms with Crippen LogP contribution in [-0.4, -0.2) is 19.5 Å². The number of sulfonamides is 1. The van der Waals surface area contributed by atoms with Crippen LogP contribution in [0.4, 0.5) is 0 Å². The van der Waals surface area contributed by atoms with Crippen molar-refractivity contribution in [2.45, 2.75) is 18.2 Å². The molecular formula is C18H17N2NaO4S. The van der Waals surface area contributed by atoms with Crippen LogP contribution in [0, 0.1) is 0 Å². The van der Waals surface area contributed by atoms with Crippen molar-refractivity contribution in [2.24, 2.45) is 0 Å². The van der Waals surface area contributed by atoms with Crippen LogP contribution >= 0.6 is 0 Å². The molecule has 0 radical (unpaired) electrons. The van der Waals surface area contributed by atoms with Gasteiger partial charge >= 0.3 is 29.6 Å². The van der Waals surface area contributed by atoms with Crippen LogP contribution in [0.2, 0.25) is 0 Å². The molecule has 0 aliphatic carbocycles. The van der Waals surface area contributed by atoms with Crippen LogP contribution in [0.1, 0.15) is 14.8 Å². The molecule has 3 rings (SSSR count). The van der Waals surface area contributed by atoms with Gasteiger partial charge in [-0.05, 0) is 17.7 Å². The van der Waals surface area contributed by atoms with E-state index in [1.165, 1.54) is 18.4 Å². The number of nitrogens with one attached hydrogen (secondary N) is 1. The number of rotatable bonds is 5. The van der Waals surface area contributed by atoms with E-state index in [9.17, 15) is 13.2 Å². The van der Waals surface area contributed by atoms with Crippen molar-refractivity contribution < 1.29 is 48.7 Å². The summed E-state index contributed by atoms with van der Waals surface area (Å²) < 4.78 is 31.4. The summed E-state index contributed by atoms with van der Waals surface area (Å²) in [6.45, 7) is 1.59. The molecule has 26 heavy (non-hydrogen) atoms. The van der Waals surface area contributed by atoms with E-state index in [1.54, 1.807) is 19.1 Å². The SMILES string of the molecule is CCC(=O)NS(=O)(=O)c1ccc(-c2conc2-c2ccccc2)cc1.[H-].[Na+]. The molecule has 0 aliphatic heterocycles. The second-order valence-electron chi connectivity index (χ2n) is 5.35. The maximum absolute atomic E-state index is 12.1. The van der Waals surface area contributed by atoms with Crippen molar-refractivity contribution >= 4 is 15.9 Å². The number of carbonyl (C=O) groups is 1. The number of aromatic nitrogens is 1. The van der Waals surface area contributed by atoms with Gasteiger partial charge in [-0.1, -0.05) is 54.5 Å². The molecule has 1 heterocycles. The predicted molar refractivity (Wildman–Crippen MR) is 94.1 cm³/mol. The zero-order valence-electron chi connectivity index (χ0n) is 15.5. The van der Waals surface area contributed by atoms with Gasteiger partial charge in [0.25, 0.3) is 10.0 Å². The molecule has 0 aliphatic rings. The summed E-state index contributed by atoms with van der Waals surface area (Å²) in [5, 5.41) is 4.03. The standard InChI is InChI=1S/C18H16N2O4S.Na.H/c1-2-17(21)20-25(22,23)15-10-8-13(9-11-15)16-12-24-19-18(16)14-6-4-3-5-7-14;;/h3-12H,2H2,1H3,(H,20,21);;/q;+1;-1. The summed E-state index contributed by atoms with van der Waals surface area (Å²) in [4.78, 5) is 11.4. The minimum Gasteiger partial charge on any atom is -1.00 e. The van der Waals surface area contributed by atoms with E-state index in [1.807, 2.05) is 35.1 Å². The van der Waals surface area contributed by atoms with Gasteiger partial charge in [-0.15, -0.1) is 0 Å². The van der Waals surface area contributed by atoms with Gasteiger partial charge < -0.3 is 5.95 Å². The molecule has 130 valence electrons. The molecule has 0 atom stereocenters. The summed E-state index contributed by atoms with van der Waals surface area (Å²) in [5.74, 6) is -0.547. The molecule has 0 saturated carbocycles. The van der Waals surface area contributed by atoms with Gasteiger partial charge in [0.15, 0.2) is 0 Å². The van der Waals surface area contributed by atoms with Crippen molar-refractivity contribution in [3.63, 3.8) is 0 Å². The number of hydrogen-bond donors (Lipinski definition) is 1. The van der Waals surface area contributed by atoms with Gasteiger partial charge in [0, 0.05) is 17.5 Å². The summed E-state index contributed by atoms with van der Waals surface area (Å²) in [6.07, 6.45) is 1.61. The second kappa shape index (κ2) is 8.64. The van der Waals surface area contributed by atoms with E-state index in [2.05, 4.69) is 5.16 Å². The number of hydrogen-bond acceptors (Lipinski definition) is 5. The van der Waals surface area contributed by atoms with Crippen LogP contribution in [0.5, 0.6) is 0 Å². The molecule has 0 unspecified atom stereocenters. The van der Waals surface area contributed by atoms with Crippen molar-refractivity contribution in [2.75, 3.05) is 0 Å². The first-order valence-corrected chi connectivity index (χ1v) is 9.15. The first-order chi connectivity index (χ1) is 12.0. The Labute approximate surface area is 175 Å². The largest absolute Gasteiger partial charge is 1.00 e. The quantitative estimate of drug-likeness (QED) is 0.645. The molecule has 0 spiro atoms. The molecule has 1 amide bonds. The Bertz CT molecular complexity index is 990. The topological polar surface area (TPSA) is 89.3 Å². The molecule has 8 heteroatoms. The average molecular weight is 380 g/mol. The van der Waals surface area contributed by atoms with Gasteiger partial charge in [-0.25, -0.2) is 13.1 Å². The van der Waals surface area contributed by atoms with Crippen molar-refractivity contribution in [3.8, 4) is 22.4 Å². The third kappa shape index (κ3) is 4.42. The maximum Gasteiger partial charge on any atom is 1.00 e. The Balaban J connectivity index is 0.00000182. The van der Waals surface area contributed by atoms with Crippen LogP contribution in [0.25, 0.3) is 22.4 Å². The van der Waals surface area contributed by atoms with E-state index >= 15 is 0 Å². The Morgan fingerprint density at radius 2 is 1.73 bits per heavy atom. The van der Waals surface area contributed by atoms with Crippen LogP contribution < -0.4 is 34.3 Å². The molecule has 3 aromatic rings. The van der Waals surface area contributed by atoms with Gasteiger partial charge in [0.2, 0.25) is 5.91 Å². The smallest absolute Gasteiger partial charge is 1.00 e. The van der Waals surface area contributed by atoms with E-state index < -0.39 is 15.9 Å². The fourth-order valence-corrected chi connectivity index (χ4v) is 3.40. The first kappa shape index (κ1) is 20.4. The normalized spacial score (nSPS) is 10.8. The first-order valence-electron chi connectivity index (χ1n) is 7.67. The summed E-state index contributed by atoms with van der Waals surface area (Å²) in [6, 6.07) is 15.8. The fourth-order valence-electron chi connectivity index (χ4n) is 2.34. The minimum absolute atomic E-state index is 0. The zero-order chi connectivity index (χ0) is 17.9. The molecule has 0 saturated heterocycles. The Morgan fingerprint density at radius 1 is 1.08 bits per heavy atom. The summed E-state index contributed by atoms with van der Waals surface area (Å²) in [5.41, 5.74) is 3.10. The summed E-state index contributed by atoms with van der Waals surface area (Å²) >= 11 is 0. The number of nitrogens with zero attached hydrogens (tertiary/aromatic N) is 1. The van der Waals surface area contributed by atoms with Crippen LogP contribution in [0.3, 0.4) is 0 Å². The third-order valence-corrected chi connectivity index (χ3v) is 5.05. The fraction of sp³-hybridized carbons (Fsp3) is 0.111.